The maximum atomic E-state index is 13.1. The molecule has 1 saturated heterocycles. The van der Waals surface area contributed by atoms with Crippen LogP contribution >= 0.6 is 0 Å². The summed E-state index contributed by atoms with van der Waals surface area (Å²) in [6.07, 6.45) is 4.47. The predicted molar refractivity (Wildman–Crippen MR) is 110 cm³/mol. The predicted octanol–water partition coefficient (Wildman–Crippen LogP) is 3.80. The van der Waals surface area contributed by atoms with Crippen molar-refractivity contribution in [2.24, 2.45) is 0 Å². The number of carbonyl (C=O) groups is 2. The third kappa shape index (κ3) is 3.49. The van der Waals surface area contributed by atoms with Gasteiger partial charge in [0.15, 0.2) is 0 Å². The zero-order valence-corrected chi connectivity index (χ0v) is 16.4. The van der Waals surface area contributed by atoms with Crippen molar-refractivity contribution >= 4 is 17.5 Å². The van der Waals surface area contributed by atoms with E-state index in [1.807, 2.05) is 47.4 Å². The Morgan fingerprint density at radius 3 is 2.71 bits per heavy atom. The Labute approximate surface area is 166 Å². The van der Waals surface area contributed by atoms with E-state index in [1.54, 1.807) is 6.07 Å². The Morgan fingerprint density at radius 1 is 1.11 bits per heavy atom. The summed E-state index contributed by atoms with van der Waals surface area (Å²) in [4.78, 5) is 30.1. The molecule has 28 heavy (non-hydrogen) atoms. The standard InChI is InChI=1S/C23H27N3O2/c1-2-25-20-15-18(22(27)24-16-17-9-5-3-6-10-17)12-13-19(20)23(28)26-14-8-4-7-11-21(25)26/h3,5-6,9-10,12-13,15,21H,2,4,7-8,11,14,16H2,1H3,(H,24,27). The van der Waals surface area contributed by atoms with E-state index in [0.717, 1.165) is 43.6 Å². The average molecular weight is 377 g/mol. The van der Waals surface area contributed by atoms with Crippen LogP contribution in [0.25, 0.3) is 0 Å². The number of hydrogen-bond donors (Lipinski definition) is 1. The molecule has 1 atom stereocenters. The van der Waals surface area contributed by atoms with Crippen LogP contribution in [-0.2, 0) is 6.54 Å². The first kappa shape index (κ1) is 18.5. The van der Waals surface area contributed by atoms with E-state index in [4.69, 9.17) is 0 Å². The number of rotatable bonds is 4. The van der Waals surface area contributed by atoms with Crippen LogP contribution in [0.2, 0.25) is 0 Å². The largest absolute Gasteiger partial charge is 0.351 e. The number of hydrogen-bond acceptors (Lipinski definition) is 3. The van der Waals surface area contributed by atoms with E-state index in [1.165, 1.54) is 6.42 Å². The number of benzene rings is 2. The van der Waals surface area contributed by atoms with Gasteiger partial charge in [0.1, 0.15) is 6.17 Å². The molecule has 2 aromatic carbocycles. The second-order valence-electron chi connectivity index (χ2n) is 7.51. The fourth-order valence-corrected chi connectivity index (χ4v) is 4.32. The van der Waals surface area contributed by atoms with Crippen molar-refractivity contribution in [3.8, 4) is 0 Å². The number of anilines is 1. The summed E-state index contributed by atoms with van der Waals surface area (Å²) in [6.45, 7) is 4.24. The van der Waals surface area contributed by atoms with Gasteiger partial charge >= 0.3 is 0 Å². The van der Waals surface area contributed by atoms with Gasteiger partial charge < -0.3 is 15.1 Å². The van der Waals surface area contributed by atoms with E-state index in [9.17, 15) is 9.59 Å². The molecule has 4 rings (SSSR count). The highest BCUT2D eigenvalue weighted by Crippen LogP contribution is 2.35. The van der Waals surface area contributed by atoms with E-state index >= 15 is 0 Å². The van der Waals surface area contributed by atoms with Gasteiger partial charge in [-0.3, -0.25) is 9.59 Å². The van der Waals surface area contributed by atoms with Crippen LogP contribution < -0.4 is 10.2 Å². The summed E-state index contributed by atoms with van der Waals surface area (Å²) in [7, 11) is 0. The Hall–Kier alpha value is -2.82. The molecule has 2 heterocycles. The third-order valence-electron chi connectivity index (χ3n) is 5.78. The normalized spacial score (nSPS) is 18.9. The van der Waals surface area contributed by atoms with E-state index in [-0.39, 0.29) is 18.0 Å². The van der Waals surface area contributed by atoms with Crippen molar-refractivity contribution in [3.63, 3.8) is 0 Å². The molecule has 0 bridgehead atoms. The van der Waals surface area contributed by atoms with Crippen LogP contribution in [-0.4, -0.2) is 36.0 Å². The van der Waals surface area contributed by atoms with Crippen LogP contribution in [0.4, 0.5) is 5.69 Å². The van der Waals surface area contributed by atoms with Gasteiger partial charge in [0, 0.05) is 25.2 Å². The summed E-state index contributed by atoms with van der Waals surface area (Å²) in [5, 5.41) is 2.98. The third-order valence-corrected chi connectivity index (χ3v) is 5.78. The minimum atomic E-state index is -0.113. The molecular formula is C23H27N3O2. The first-order valence-corrected chi connectivity index (χ1v) is 10.2. The fraction of sp³-hybridized carbons (Fsp3) is 0.391. The van der Waals surface area contributed by atoms with Crippen molar-refractivity contribution in [1.82, 2.24) is 10.2 Å². The highest BCUT2D eigenvalue weighted by atomic mass is 16.2. The molecule has 1 N–H and O–H groups in total. The highest BCUT2D eigenvalue weighted by Gasteiger charge is 2.37. The Balaban J connectivity index is 1.59. The maximum Gasteiger partial charge on any atom is 0.257 e. The lowest BCUT2D eigenvalue weighted by Gasteiger charge is -2.44. The van der Waals surface area contributed by atoms with Crippen molar-refractivity contribution in [2.75, 3.05) is 18.0 Å². The topological polar surface area (TPSA) is 52.7 Å². The summed E-state index contributed by atoms with van der Waals surface area (Å²) < 4.78 is 0. The quantitative estimate of drug-likeness (QED) is 0.882. The van der Waals surface area contributed by atoms with Crippen LogP contribution in [0.15, 0.2) is 48.5 Å². The summed E-state index contributed by atoms with van der Waals surface area (Å²) in [5.74, 6) is -0.0127. The zero-order chi connectivity index (χ0) is 19.5. The maximum absolute atomic E-state index is 13.1. The Kier molecular flexibility index (Phi) is 5.33. The molecule has 2 amide bonds. The number of nitrogens with one attached hydrogen (secondary N) is 1. The minimum Gasteiger partial charge on any atom is -0.351 e. The molecule has 2 aliphatic heterocycles. The van der Waals surface area contributed by atoms with Crippen LogP contribution in [0.3, 0.4) is 0 Å². The molecule has 0 aliphatic carbocycles. The van der Waals surface area contributed by atoms with Crippen LogP contribution in [0, 0.1) is 0 Å². The van der Waals surface area contributed by atoms with Crippen LogP contribution in [0.5, 0.6) is 0 Å². The number of nitrogens with zero attached hydrogens (tertiary/aromatic N) is 2. The molecular weight excluding hydrogens is 350 g/mol. The van der Waals surface area contributed by atoms with Crippen LogP contribution in [0.1, 0.15) is 58.9 Å². The van der Waals surface area contributed by atoms with Crippen molar-refractivity contribution in [3.05, 3.63) is 65.2 Å². The monoisotopic (exact) mass is 377 g/mol. The van der Waals surface area contributed by atoms with Crippen molar-refractivity contribution in [2.45, 2.75) is 45.3 Å². The van der Waals surface area contributed by atoms with Gasteiger partial charge in [-0.1, -0.05) is 36.8 Å². The van der Waals surface area contributed by atoms with Gasteiger partial charge in [0.2, 0.25) is 0 Å². The molecule has 0 radical (unpaired) electrons. The number of amides is 2. The van der Waals surface area contributed by atoms with Crippen molar-refractivity contribution in [1.29, 1.82) is 0 Å². The number of fused-ring (bicyclic) bond motifs is 2. The highest BCUT2D eigenvalue weighted by molar-refractivity contribution is 6.04. The molecule has 2 aromatic rings. The molecule has 1 fully saturated rings. The van der Waals surface area contributed by atoms with Gasteiger partial charge in [-0.15, -0.1) is 0 Å². The smallest absolute Gasteiger partial charge is 0.257 e. The molecule has 5 heteroatoms. The Morgan fingerprint density at radius 2 is 1.93 bits per heavy atom. The molecule has 1 unspecified atom stereocenters. The summed E-state index contributed by atoms with van der Waals surface area (Å²) in [6, 6.07) is 15.3. The van der Waals surface area contributed by atoms with Gasteiger partial charge in [0.05, 0.1) is 11.3 Å². The zero-order valence-electron chi connectivity index (χ0n) is 16.4. The first-order valence-electron chi connectivity index (χ1n) is 10.2. The Bertz CT molecular complexity index is 865. The summed E-state index contributed by atoms with van der Waals surface area (Å²) >= 11 is 0. The van der Waals surface area contributed by atoms with E-state index in [0.29, 0.717) is 17.7 Å². The summed E-state index contributed by atoms with van der Waals surface area (Å²) in [5.41, 5.74) is 3.26. The average Bonchev–Trinajstić information content (AvgIpc) is 2.99. The minimum absolute atomic E-state index is 0.0999. The molecule has 5 nitrogen and oxygen atoms in total. The lowest BCUT2D eigenvalue weighted by Crippen LogP contribution is -2.55. The molecule has 2 aliphatic rings. The van der Waals surface area contributed by atoms with E-state index < -0.39 is 0 Å². The molecule has 0 saturated carbocycles. The second-order valence-corrected chi connectivity index (χ2v) is 7.51. The molecule has 146 valence electrons. The molecule has 0 spiro atoms. The van der Waals surface area contributed by atoms with Crippen molar-refractivity contribution < 1.29 is 9.59 Å². The lowest BCUT2D eigenvalue weighted by atomic mass is 10.0. The van der Waals surface area contributed by atoms with Gasteiger partial charge in [-0.2, -0.15) is 0 Å². The first-order chi connectivity index (χ1) is 13.7. The lowest BCUT2D eigenvalue weighted by molar-refractivity contribution is 0.0656. The van der Waals surface area contributed by atoms with Gasteiger partial charge in [-0.05, 0) is 49.9 Å². The van der Waals surface area contributed by atoms with Gasteiger partial charge in [-0.25, -0.2) is 0 Å². The second kappa shape index (κ2) is 8.05. The SMILES string of the molecule is CCN1c2cc(C(=O)NCc3ccccc3)ccc2C(=O)N2CCCCCC21. The number of carbonyl (C=O) groups excluding carboxylic acids is 2. The fourth-order valence-electron chi connectivity index (χ4n) is 4.32. The van der Waals surface area contributed by atoms with E-state index in [2.05, 4.69) is 17.1 Å². The molecule has 0 aromatic heterocycles. The van der Waals surface area contributed by atoms with Gasteiger partial charge in [0.25, 0.3) is 11.8 Å².